The number of rotatable bonds is 14. The van der Waals surface area contributed by atoms with E-state index in [9.17, 15) is 0 Å². The summed E-state index contributed by atoms with van der Waals surface area (Å²) >= 11 is 0. The molecule has 0 fully saturated rings. The van der Waals surface area contributed by atoms with Crippen LogP contribution in [0, 0.1) is 0 Å². The molecule has 0 aliphatic rings. The Labute approximate surface area is 705 Å². The first kappa shape index (κ1) is 70.1. The van der Waals surface area contributed by atoms with Crippen LogP contribution in [-0.2, 0) is 0 Å². The van der Waals surface area contributed by atoms with Crippen LogP contribution < -0.4 is 9.80 Å². The van der Waals surface area contributed by atoms with E-state index in [0.29, 0.717) is 0 Å². The Morgan fingerprint density at radius 2 is 0.443 bits per heavy atom. The average Bonchev–Trinajstić information content (AvgIpc) is 1.47. The summed E-state index contributed by atoms with van der Waals surface area (Å²) in [5.41, 5.74) is 27.6. The number of benzene rings is 22. The minimum Gasteiger partial charge on any atom is -0.455 e. The summed E-state index contributed by atoms with van der Waals surface area (Å²) in [5, 5.41) is 20.9. The number of anilines is 6. The Balaban J connectivity index is 0.607. The third-order valence-corrected chi connectivity index (χ3v) is 25.2. The van der Waals surface area contributed by atoms with Gasteiger partial charge in [-0.05, 0) is 222 Å². The van der Waals surface area contributed by atoms with Crippen molar-refractivity contribution in [2.24, 2.45) is 0 Å². The van der Waals surface area contributed by atoms with Gasteiger partial charge in [-0.25, -0.2) is 0 Å². The van der Waals surface area contributed by atoms with Gasteiger partial charge >= 0.3 is 0 Å². The highest BCUT2D eigenvalue weighted by Gasteiger charge is 2.26. The first-order chi connectivity index (χ1) is 60.5. The Hall–Kier alpha value is -16.1. The fourth-order valence-corrected chi connectivity index (χ4v) is 19.4. The summed E-state index contributed by atoms with van der Waals surface area (Å²) in [7, 11) is 0. The molecule has 0 aliphatic heterocycles. The van der Waals surface area contributed by atoms with E-state index < -0.39 is 0 Å². The lowest BCUT2D eigenvalue weighted by Gasteiger charge is -2.28. The summed E-state index contributed by atoms with van der Waals surface area (Å²) in [6.45, 7) is 0. The first-order valence-corrected chi connectivity index (χ1v) is 41.9. The van der Waals surface area contributed by atoms with Crippen LogP contribution in [0.3, 0.4) is 0 Å². The average molecular weight is 1550 g/mol. The molecule has 0 saturated carbocycles. The van der Waals surface area contributed by atoms with Gasteiger partial charge in [-0.2, -0.15) is 0 Å². The van der Waals surface area contributed by atoms with Crippen LogP contribution in [0.4, 0.5) is 34.1 Å². The van der Waals surface area contributed by atoms with Crippen LogP contribution in [0.2, 0.25) is 0 Å². The highest BCUT2D eigenvalue weighted by atomic mass is 16.3. The molecule has 24 rings (SSSR count). The van der Waals surface area contributed by atoms with Crippen LogP contribution in [0.25, 0.3) is 208 Å². The number of fused-ring (bicyclic) bond motifs is 17. The molecule has 0 radical (unpaired) electrons. The summed E-state index contributed by atoms with van der Waals surface area (Å²) in [6, 6.07) is 164. The van der Waals surface area contributed by atoms with Gasteiger partial charge in [0.1, 0.15) is 22.3 Å². The first-order valence-electron chi connectivity index (χ1n) is 41.9. The van der Waals surface area contributed by atoms with Crippen molar-refractivity contribution in [3.05, 3.63) is 449 Å². The Morgan fingerprint density at radius 1 is 0.131 bits per heavy atom. The van der Waals surface area contributed by atoms with Crippen LogP contribution in [0.15, 0.2) is 458 Å². The molecule has 0 aliphatic carbocycles. The quantitative estimate of drug-likeness (QED) is 0.102. The number of hydrogen-bond donors (Lipinski definition) is 0. The van der Waals surface area contributed by atoms with Gasteiger partial charge in [0, 0.05) is 77.3 Å². The van der Waals surface area contributed by atoms with Gasteiger partial charge in [0.2, 0.25) is 0 Å². The molecule has 568 valence electrons. The zero-order valence-electron chi connectivity index (χ0n) is 66.4. The number of furan rings is 2. The molecular formula is C118H74N2O2. The van der Waals surface area contributed by atoms with Crippen LogP contribution in [0.1, 0.15) is 0 Å². The summed E-state index contributed by atoms with van der Waals surface area (Å²) < 4.78 is 14.6. The van der Waals surface area contributed by atoms with Gasteiger partial charge in [0.05, 0.1) is 11.4 Å². The topological polar surface area (TPSA) is 32.8 Å². The summed E-state index contributed by atoms with van der Waals surface area (Å²) in [4.78, 5) is 4.84. The van der Waals surface area contributed by atoms with Crippen LogP contribution in [0.5, 0.6) is 0 Å². The third kappa shape index (κ3) is 11.7. The van der Waals surface area contributed by atoms with Gasteiger partial charge in [0.25, 0.3) is 0 Å². The third-order valence-electron chi connectivity index (χ3n) is 25.2. The molecule has 0 spiro atoms. The van der Waals surface area contributed by atoms with Crippen LogP contribution in [-0.4, -0.2) is 0 Å². The van der Waals surface area contributed by atoms with E-state index in [1.54, 1.807) is 0 Å². The highest BCUT2D eigenvalue weighted by molar-refractivity contribution is 6.21. The molecule has 0 N–H and O–H groups in total. The van der Waals surface area contributed by atoms with E-state index in [-0.39, 0.29) is 0 Å². The van der Waals surface area contributed by atoms with Crippen molar-refractivity contribution >= 4 is 153 Å². The molecule has 4 nitrogen and oxygen atoms in total. The molecule has 0 atom stereocenters. The van der Waals surface area contributed by atoms with Crippen molar-refractivity contribution in [2.75, 3.05) is 9.80 Å². The standard InChI is InChI=1S/C118H74N2O2/c1-2-23-75(24-3-1)76-49-51-77(52-50-76)78-55-63-87(64-56-78)119(88-65-57-80(58-66-88)110-72-84-26-5-7-30-91(84)96-33-10-12-35-100(96)110)113-47-16-14-37-102(113)104-43-22-46-107-109-70-62-82-53-54-86(74-112(82)118(109)122-117(104)107)94-40-20-41-98-93(39-19-42-99(94)98)83-28-18-29-90(71-83)120(89-67-59-81(60-68-89)111-73-85-27-6-8-31-92(85)97-34-11-13-36-101(97)111)114-48-17-15-38-103(114)105-44-21-45-106-108-69-61-79-25-4-9-32-95(79)115(108)121-116(105)106/h1-74H. The number of hydrogen-bond acceptors (Lipinski definition) is 4. The lowest BCUT2D eigenvalue weighted by atomic mass is 9.91. The van der Waals surface area contributed by atoms with E-state index in [1.165, 1.54) is 65.3 Å². The minimum absolute atomic E-state index is 0.837. The lowest BCUT2D eigenvalue weighted by molar-refractivity contribution is 0.673. The lowest BCUT2D eigenvalue weighted by Crippen LogP contribution is -2.11. The van der Waals surface area contributed by atoms with E-state index in [2.05, 4.69) is 459 Å². The van der Waals surface area contributed by atoms with E-state index in [0.717, 1.165) is 177 Å². The molecule has 24 aromatic rings. The monoisotopic (exact) mass is 1550 g/mol. The minimum atomic E-state index is 0.837. The molecule has 0 amide bonds. The highest BCUT2D eigenvalue weighted by Crippen LogP contribution is 2.51. The van der Waals surface area contributed by atoms with Gasteiger partial charge in [-0.15, -0.1) is 0 Å². The second-order valence-corrected chi connectivity index (χ2v) is 32.0. The second kappa shape index (κ2) is 28.9. The molecular weight excluding hydrogens is 1480 g/mol. The molecule has 4 heteroatoms. The fourth-order valence-electron chi connectivity index (χ4n) is 19.4. The number of para-hydroxylation sites is 4. The smallest absolute Gasteiger partial charge is 0.143 e. The zero-order valence-corrected chi connectivity index (χ0v) is 66.4. The van der Waals surface area contributed by atoms with Crippen molar-refractivity contribution in [1.82, 2.24) is 0 Å². The van der Waals surface area contributed by atoms with Gasteiger partial charge in [0.15, 0.2) is 0 Å². The fraction of sp³-hybridized carbons (Fsp3) is 0. The maximum atomic E-state index is 7.48. The Kier molecular flexibility index (Phi) is 16.6. The van der Waals surface area contributed by atoms with Crippen molar-refractivity contribution in [2.45, 2.75) is 0 Å². The van der Waals surface area contributed by atoms with Crippen LogP contribution >= 0.6 is 0 Å². The van der Waals surface area contributed by atoms with Crippen molar-refractivity contribution in [3.63, 3.8) is 0 Å². The molecule has 2 heterocycles. The van der Waals surface area contributed by atoms with Gasteiger partial charge in [-0.3, -0.25) is 0 Å². The van der Waals surface area contributed by atoms with Gasteiger partial charge < -0.3 is 18.6 Å². The zero-order chi connectivity index (χ0) is 80.3. The van der Waals surface area contributed by atoms with Crippen molar-refractivity contribution in [3.8, 4) is 89.0 Å². The van der Waals surface area contributed by atoms with Crippen molar-refractivity contribution in [1.29, 1.82) is 0 Å². The molecule has 0 unspecified atom stereocenters. The predicted molar refractivity (Wildman–Crippen MR) is 516 cm³/mol. The van der Waals surface area contributed by atoms with Crippen molar-refractivity contribution < 1.29 is 8.83 Å². The van der Waals surface area contributed by atoms with Gasteiger partial charge in [-0.1, -0.05) is 358 Å². The molecule has 0 saturated heterocycles. The maximum absolute atomic E-state index is 7.48. The van der Waals surface area contributed by atoms with E-state index >= 15 is 0 Å². The SMILES string of the molecule is c1ccc(-c2ccc(-c3ccc(N(c4ccc(-c5cc6ccccc6c6ccccc56)cc4)c4ccccc4-c4cccc5c4oc4c6cc(-c7cccc8c(-c9cccc(N(c%10ccc(-c%11cc%12ccccc%12c%12ccccc%11%12)cc%10)c%10ccccc%10-c%10cccc%11c%10oc%10c%12ccccc%12ccc%11%10)c9)cccc78)ccc6ccc54)cc3)cc2)cc1. The molecule has 122 heavy (non-hydrogen) atoms. The largest absolute Gasteiger partial charge is 0.455 e. The normalized spacial score (nSPS) is 11.8. The Bertz CT molecular complexity index is 8310. The predicted octanol–water partition coefficient (Wildman–Crippen LogP) is 33.8. The maximum Gasteiger partial charge on any atom is 0.143 e. The summed E-state index contributed by atoms with van der Waals surface area (Å²) in [6.07, 6.45) is 0. The molecule has 2 aromatic heterocycles. The van der Waals surface area contributed by atoms with E-state index in [1.807, 2.05) is 0 Å². The second-order valence-electron chi connectivity index (χ2n) is 32.0. The Morgan fingerprint density at radius 3 is 0.959 bits per heavy atom. The summed E-state index contributed by atoms with van der Waals surface area (Å²) in [5.74, 6) is 0. The van der Waals surface area contributed by atoms with E-state index in [4.69, 9.17) is 8.83 Å². The molecule has 0 bridgehead atoms. The number of nitrogens with zero attached hydrogens (tertiary/aromatic N) is 2. The molecule has 22 aromatic carbocycles.